The summed E-state index contributed by atoms with van der Waals surface area (Å²) < 4.78 is 0. The highest BCUT2D eigenvalue weighted by molar-refractivity contribution is 7.10. The van der Waals surface area contributed by atoms with E-state index < -0.39 is 5.97 Å². The Morgan fingerprint density at radius 2 is 1.95 bits per heavy atom. The lowest BCUT2D eigenvalue weighted by Gasteiger charge is -2.17. The minimum atomic E-state index is -0.868. The van der Waals surface area contributed by atoms with Crippen LogP contribution in [-0.2, 0) is 6.54 Å². The maximum Gasteiger partial charge on any atom is 0.336 e. The van der Waals surface area contributed by atoms with Gasteiger partial charge in [0.15, 0.2) is 0 Å². The smallest absolute Gasteiger partial charge is 0.336 e. The summed E-state index contributed by atoms with van der Waals surface area (Å²) in [6, 6.07) is 10.2. The molecule has 0 spiro atoms. The summed E-state index contributed by atoms with van der Waals surface area (Å²) >= 11 is 1.47. The van der Waals surface area contributed by atoms with E-state index in [1.54, 1.807) is 11.4 Å². The minimum Gasteiger partial charge on any atom is -0.478 e. The first-order valence-electron chi connectivity index (χ1n) is 7.12. The molecule has 1 aromatic heterocycles. The van der Waals surface area contributed by atoms with Crippen LogP contribution in [0, 0.1) is 0 Å². The second-order valence-electron chi connectivity index (χ2n) is 5.20. The van der Waals surface area contributed by atoms with Crippen molar-refractivity contribution >= 4 is 28.7 Å². The van der Waals surface area contributed by atoms with Gasteiger partial charge in [0.2, 0.25) is 0 Å². The average molecular weight is 302 g/mol. The van der Waals surface area contributed by atoms with E-state index in [1.807, 2.05) is 0 Å². The number of carbonyl (C=O) groups is 1. The fourth-order valence-corrected chi connectivity index (χ4v) is 3.34. The van der Waals surface area contributed by atoms with Crippen LogP contribution in [0.2, 0.25) is 0 Å². The number of rotatable bonds is 5. The maximum absolute atomic E-state index is 10.8. The predicted molar refractivity (Wildman–Crippen MR) is 86.5 cm³/mol. The number of carboxylic acid groups (broad SMARTS) is 1. The highest BCUT2D eigenvalue weighted by Crippen LogP contribution is 2.23. The SMILES string of the molecule is O=C(O)c1csc(CNc2ccc(N3CCCC3)cc2)c1. The summed E-state index contributed by atoms with van der Waals surface area (Å²) in [4.78, 5) is 14.3. The number of benzene rings is 1. The molecule has 0 bridgehead atoms. The molecular formula is C16H18N2O2S. The Kier molecular flexibility index (Phi) is 4.10. The molecule has 1 fully saturated rings. The molecule has 0 amide bonds. The lowest BCUT2D eigenvalue weighted by molar-refractivity contribution is 0.0697. The Bertz CT molecular complexity index is 615. The molecule has 0 atom stereocenters. The second-order valence-corrected chi connectivity index (χ2v) is 6.20. The molecule has 0 aliphatic carbocycles. The van der Waals surface area contributed by atoms with Crippen LogP contribution in [0.4, 0.5) is 11.4 Å². The van der Waals surface area contributed by atoms with Crippen molar-refractivity contribution in [3.63, 3.8) is 0 Å². The zero-order valence-electron chi connectivity index (χ0n) is 11.7. The number of hydrogen-bond acceptors (Lipinski definition) is 4. The van der Waals surface area contributed by atoms with Crippen LogP contribution >= 0.6 is 11.3 Å². The van der Waals surface area contributed by atoms with Gasteiger partial charge in [0, 0.05) is 41.3 Å². The van der Waals surface area contributed by atoms with Crippen LogP contribution in [0.25, 0.3) is 0 Å². The minimum absolute atomic E-state index is 0.362. The summed E-state index contributed by atoms with van der Waals surface area (Å²) in [6.45, 7) is 2.96. The number of nitrogens with one attached hydrogen (secondary N) is 1. The number of hydrogen-bond donors (Lipinski definition) is 2. The molecular weight excluding hydrogens is 284 g/mol. The van der Waals surface area contributed by atoms with Crippen molar-refractivity contribution in [3.8, 4) is 0 Å². The van der Waals surface area contributed by atoms with Crippen LogP contribution in [0.15, 0.2) is 35.7 Å². The first kappa shape index (κ1) is 13.9. The molecule has 2 heterocycles. The Morgan fingerprint density at radius 3 is 2.57 bits per heavy atom. The van der Waals surface area contributed by atoms with Gasteiger partial charge in [-0.05, 0) is 43.2 Å². The summed E-state index contributed by atoms with van der Waals surface area (Å²) in [5, 5.41) is 13.9. The van der Waals surface area contributed by atoms with Crippen molar-refractivity contribution in [2.24, 2.45) is 0 Å². The van der Waals surface area contributed by atoms with E-state index in [0.717, 1.165) is 23.7 Å². The molecule has 1 aliphatic heterocycles. The monoisotopic (exact) mass is 302 g/mol. The summed E-state index contributed by atoms with van der Waals surface area (Å²) in [7, 11) is 0. The highest BCUT2D eigenvalue weighted by Gasteiger charge is 2.11. The third-order valence-corrected chi connectivity index (χ3v) is 4.64. The molecule has 5 heteroatoms. The molecule has 0 saturated carbocycles. The molecule has 21 heavy (non-hydrogen) atoms. The van der Waals surface area contributed by atoms with Gasteiger partial charge in [-0.15, -0.1) is 11.3 Å². The van der Waals surface area contributed by atoms with Gasteiger partial charge in [-0.3, -0.25) is 0 Å². The third kappa shape index (κ3) is 3.36. The van der Waals surface area contributed by atoms with Crippen LogP contribution in [0.1, 0.15) is 28.1 Å². The largest absolute Gasteiger partial charge is 0.478 e. The molecule has 4 nitrogen and oxygen atoms in total. The van der Waals surface area contributed by atoms with Crippen molar-refractivity contribution in [1.29, 1.82) is 0 Å². The Labute approximate surface area is 128 Å². The Morgan fingerprint density at radius 1 is 1.24 bits per heavy atom. The topological polar surface area (TPSA) is 52.6 Å². The lowest BCUT2D eigenvalue weighted by Crippen LogP contribution is -2.17. The number of anilines is 2. The average Bonchev–Trinajstić information content (AvgIpc) is 3.17. The zero-order chi connectivity index (χ0) is 14.7. The summed E-state index contributed by atoms with van der Waals surface area (Å²) in [5.74, 6) is -0.868. The van der Waals surface area contributed by atoms with Gasteiger partial charge >= 0.3 is 5.97 Å². The first-order chi connectivity index (χ1) is 10.2. The zero-order valence-corrected chi connectivity index (χ0v) is 12.5. The lowest BCUT2D eigenvalue weighted by atomic mass is 10.2. The maximum atomic E-state index is 10.8. The quantitative estimate of drug-likeness (QED) is 0.885. The van der Waals surface area contributed by atoms with Crippen LogP contribution < -0.4 is 10.2 Å². The van der Waals surface area contributed by atoms with E-state index in [-0.39, 0.29) is 0 Å². The first-order valence-corrected chi connectivity index (χ1v) is 8.00. The molecule has 1 saturated heterocycles. The molecule has 0 radical (unpaired) electrons. The third-order valence-electron chi connectivity index (χ3n) is 3.71. The molecule has 2 N–H and O–H groups in total. The van der Waals surface area contributed by atoms with E-state index in [4.69, 9.17) is 5.11 Å². The number of carboxylic acids is 1. The molecule has 1 aliphatic rings. The van der Waals surface area contributed by atoms with Gasteiger partial charge in [0.05, 0.1) is 5.56 Å². The highest BCUT2D eigenvalue weighted by atomic mass is 32.1. The van der Waals surface area contributed by atoms with Crippen LogP contribution in [0.5, 0.6) is 0 Å². The Balaban J connectivity index is 1.58. The molecule has 1 aromatic carbocycles. The second kappa shape index (κ2) is 6.18. The van der Waals surface area contributed by atoms with Gasteiger partial charge in [0.25, 0.3) is 0 Å². The molecule has 0 unspecified atom stereocenters. The van der Waals surface area contributed by atoms with Gasteiger partial charge in [-0.2, -0.15) is 0 Å². The van der Waals surface area contributed by atoms with Crippen molar-refractivity contribution in [3.05, 3.63) is 46.2 Å². The van der Waals surface area contributed by atoms with Gasteiger partial charge in [0.1, 0.15) is 0 Å². The van der Waals surface area contributed by atoms with Gasteiger partial charge in [-0.1, -0.05) is 0 Å². The van der Waals surface area contributed by atoms with Gasteiger partial charge in [-0.25, -0.2) is 4.79 Å². The van der Waals surface area contributed by atoms with Crippen molar-refractivity contribution in [2.75, 3.05) is 23.3 Å². The van der Waals surface area contributed by atoms with Crippen LogP contribution in [-0.4, -0.2) is 24.2 Å². The molecule has 2 aromatic rings. The van der Waals surface area contributed by atoms with Crippen molar-refractivity contribution in [2.45, 2.75) is 19.4 Å². The normalized spacial score (nSPS) is 14.4. The van der Waals surface area contributed by atoms with E-state index in [2.05, 4.69) is 34.5 Å². The van der Waals surface area contributed by atoms with E-state index in [0.29, 0.717) is 12.1 Å². The van der Waals surface area contributed by atoms with Crippen LogP contribution in [0.3, 0.4) is 0 Å². The standard InChI is InChI=1S/C16H18N2O2S/c19-16(20)12-9-15(21-11-12)10-17-13-3-5-14(6-4-13)18-7-1-2-8-18/h3-6,9,11,17H,1-2,7-8,10H2,(H,19,20). The number of nitrogens with zero attached hydrogens (tertiary/aromatic N) is 1. The Hall–Kier alpha value is -2.01. The fraction of sp³-hybridized carbons (Fsp3) is 0.312. The molecule has 3 rings (SSSR count). The van der Waals surface area contributed by atoms with Crippen molar-refractivity contribution < 1.29 is 9.90 Å². The number of aromatic carboxylic acids is 1. The summed E-state index contributed by atoms with van der Waals surface area (Å²) in [6.07, 6.45) is 2.56. The van der Waals surface area contributed by atoms with E-state index in [9.17, 15) is 4.79 Å². The fourth-order valence-electron chi connectivity index (χ4n) is 2.54. The predicted octanol–water partition coefficient (Wildman–Crippen LogP) is 3.66. The van der Waals surface area contributed by atoms with Crippen molar-refractivity contribution in [1.82, 2.24) is 0 Å². The summed E-state index contributed by atoms with van der Waals surface area (Å²) in [5.41, 5.74) is 2.70. The number of thiophene rings is 1. The van der Waals surface area contributed by atoms with Gasteiger partial charge < -0.3 is 15.3 Å². The van der Waals surface area contributed by atoms with E-state index >= 15 is 0 Å². The molecule has 110 valence electrons. The van der Waals surface area contributed by atoms with E-state index in [1.165, 1.54) is 29.9 Å².